The van der Waals surface area contributed by atoms with Crippen LogP contribution in [0.1, 0.15) is 38.2 Å². The number of aryl methyl sites for hydroxylation is 3. The Morgan fingerprint density at radius 1 is 1.13 bits per heavy atom. The molecule has 30 heavy (non-hydrogen) atoms. The summed E-state index contributed by atoms with van der Waals surface area (Å²) in [6.07, 6.45) is 0. The van der Waals surface area contributed by atoms with E-state index < -0.39 is 11.6 Å². The molecular weight excluding hydrogens is 426 g/mol. The van der Waals surface area contributed by atoms with Gasteiger partial charge in [-0.05, 0) is 57.0 Å². The molecule has 4 rings (SSSR count). The predicted molar refractivity (Wildman–Crippen MR) is 114 cm³/mol. The summed E-state index contributed by atoms with van der Waals surface area (Å²) in [5.41, 5.74) is 6.33. The van der Waals surface area contributed by atoms with Gasteiger partial charge in [-0.1, -0.05) is 11.8 Å². The van der Waals surface area contributed by atoms with Gasteiger partial charge in [0.1, 0.15) is 29.3 Å². The Balaban J connectivity index is 1.77. The van der Waals surface area contributed by atoms with Gasteiger partial charge in [0.05, 0.1) is 11.3 Å². The number of halogens is 2. The minimum Gasteiger partial charge on any atom is -0.272 e. The minimum atomic E-state index is -0.650. The largest absolute Gasteiger partial charge is 0.272 e. The zero-order valence-corrected chi connectivity index (χ0v) is 18.5. The standard InChI is InChI=1S/C21H20F2N4OS2/c1-10-7-15(13(4)29-10)17-9-28-27-20(24-17)19-11(2)12(3)25-26-21(19)30-18-6-5-14(22)8-16(18)23/h5-8,17H,9H2,1-4H3,(H,24,27)/t17-/m0/s1. The first kappa shape index (κ1) is 20.9. The normalized spacial score (nSPS) is 16.3. The van der Waals surface area contributed by atoms with Crippen LogP contribution in [0.2, 0.25) is 0 Å². The molecule has 0 bridgehead atoms. The first-order chi connectivity index (χ1) is 14.3. The van der Waals surface area contributed by atoms with Crippen LogP contribution in [-0.2, 0) is 4.84 Å². The molecule has 9 heteroatoms. The molecule has 0 fully saturated rings. The number of rotatable bonds is 4. The van der Waals surface area contributed by atoms with E-state index in [-0.39, 0.29) is 10.9 Å². The van der Waals surface area contributed by atoms with Gasteiger partial charge in [0.15, 0.2) is 5.84 Å². The van der Waals surface area contributed by atoms with Crippen molar-refractivity contribution >= 4 is 28.9 Å². The highest BCUT2D eigenvalue weighted by Gasteiger charge is 2.26. The van der Waals surface area contributed by atoms with Gasteiger partial charge >= 0.3 is 0 Å². The fourth-order valence-corrected chi connectivity index (χ4v) is 5.18. The summed E-state index contributed by atoms with van der Waals surface area (Å²) in [6, 6.07) is 5.44. The summed E-state index contributed by atoms with van der Waals surface area (Å²) in [5, 5.41) is 8.92. The van der Waals surface area contributed by atoms with Crippen LogP contribution < -0.4 is 5.48 Å². The molecule has 156 valence electrons. The van der Waals surface area contributed by atoms with E-state index in [1.165, 1.54) is 21.9 Å². The van der Waals surface area contributed by atoms with Crippen LogP contribution in [0.3, 0.4) is 0 Å². The maximum Gasteiger partial charge on any atom is 0.156 e. The summed E-state index contributed by atoms with van der Waals surface area (Å²) < 4.78 is 27.5. The number of hydrogen-bond donors (Lipinski definition) is 1. The molecule has 0 spiro atoms. The average molecular weight is 447 g/mol. The lowest BCUT2D eigenvalue weighted by atomic mass is 10.1. The second-order valence-electron chi connectivity index (χ2n) is 7.04. The number of nitrogens with one attached hydrogen (secondary N) is 1. The molecule has 1 N–H and O–H groups in total. The van der Waals surface area contributed by atoms with Crippen LogP contribution in [0.15, 0.2) is 39.2 Å². The van der Waals surface area contributed by atoms with Gasteiger partial charge < -0.3 is 0 Å². The predicted octanol–water partition coefficient (Wildman–Crippen LogP) is 5.22. The summed E-state index contributed by atoms with van der Waals surface area (Å²) in [7, 11) is 0. The van der Waals surface area contributed by atoms with Crippen molar-refractivity contribution in [3.8, 4) is 0 Å². The van der Waals surface area contributed by atoms with E-state index >= 15 is 0 Å². The lowest BCUT2D eigenvalue weighted by molar-refractivity contribution is 0.0620. The topological polar surface area (TPSA) is 59.4 Å². The van der Waals surface area contributed by atoms with Gasteiger partial charge in [0, 0.05) is 20.7 Å². The molecule has 0 amide bonds. The maximum atomic E-state index is 14.2. The number of amidine groups is 1. The van der Waals surface area contributed by atoms with E-state index in [1.54, 1.807) is 11.3 Å². The van der Waals surface area contributed by atoms with Crippen molar-refractivity contribution in [2.45, 2.75) is 43.7 Å². The third kappa shape index (κ3) is 4.10. The van der Waals surface area contributed by atoms with Gasteiger partial charge in [0.2, 0.25) is 0 Å². The molecule has 1 aliphatic rings. The van der Waals surface area contributed by atoms with Crippen LogP contribution in [0, 0.1) is 39.3 Å². The highest BCUT2D eigenvalue weighted by molar-refractivity contribution is 7.99. The van der Waals surface area contributed by atoms with Gasteiger partial charge in [-0.2, -0.15) is 5.10 Å². The number of nitrogens with zero attached hydrogens (tertiary/aromatic N) is 3. The first-order valence-corrected chi connectivity index (χ1v) is 11.0. The quantitative estimate of drug-likeness (QED) is 0.595. The second kappa shape index (κ2) is 8.41. The van der Waals surface area contributed by atoms with Crippen molar-refractivity contribution in [1.29, 1.82) is 0 Å². The number of aliphatic imine (C=N–C) groups is 1. The average Bonchev–Trinajstić information content (AvgIpc) is 3.05. The molecule has 5 nitrogen and oxygen atoms in total. The molecule has 0 radical (unpaired) electrons. The van der Waals surface area contributed by atoms with Gasteiger partial charge in [-0.25, -0.2) is 14.3 Å². The molecule has 1 aliphatic heterocycles. The van der Waals surface area contributed by atoms with Crippen LogP contribution in [0.25, 0.3) is 0 Å². The molecule has 0 aliphatic carbocycles. The molecule has 0 saturated heterocycles. The SMILES string of the molecule is Cc1cc([C@@H]2CONC(c3c(Sc4ccc(F)cc4F)nnc(C)c3C)=N2)c(C)s1. The monoisotopic (exact) mass is 446 g/mol. The Labute approximate surface area is 181 Å². The maximum absolute atomic E-state index is 14.2. The summed E-state index contributed by atoms with van der Waals surface area (Å²) in [4.78, 5) is 13.2. The van der Waals surface area contributed by atoms with E-state index in [0.717, 1.165) is 34.6 Å². The summed E-state index contributed by atoms with van der Waals surface area (Å²) in [6.45, 7) is 8.32. The molecule has 0 unspecified atom stereocenters. The van der Waals surface area contributed by atoms with Crippen molar-refractivity contribution in [3.05, 3.63) is 68.0 Å². The van der Waals surface area contributed by atoms with E-state index in [0.29, 0.717) is 23.0 Å². The third-order valence-corrected chi connectivity index (χ3v) is 6.90. The Morgan fingerprint density at radius 2 is 1.93 bits per heavy atom. The van der Waals surface area contributed by atoms with Crippen molar-refractivity contribution < 1.29 is 13.6 Å². The Hall–Kier alpha value is -2.36. The zero-order chi connectivity index (χ0) is 21.4. The first-order valence-electron chi connectivity index (χ1n) is 9.33. The number of hydrogen-bond acceptors (Lipinski definition) is 7. The number of thiophene rings is 1. The molecule has 2 aromatic heterocycles. The zero-order valence-electron chi connectivity index (χ0n) is 16.9. The van der Waals surface area contributed by atoms with E-state index in [2.05, 4.69) is 35.6 Å². The van der Waals surface area contributed by atoms with Gasteiger partial charge in [0.25, 0.3) is 0 Å². The van der Waals surface area contributed by atoms with Crippen molar-refractivity contribution in [3.63, 3.8) is 0 Å². The molecule has 3 heterocycles. The van der Waals surface area contributed by atoms with Crippen LogP contribution >= 0.6 is 23.1 Å². The summed E-state index contributed by atoms with van der Waals surface area (Å²) in [5.74, 6) is -0.753. The summed E-state index contributed by atoms with van der Waals surface area (Å²) >= 11 is 2.81. The van der Waals surface area contributed by atoms with Crippen molar-refractivity contribution in [2.24, 2.45) is 4.99 Å². The van der Waals surface area contributed by atoms with Crippen LogP contribution in [-0.4, -0.2) is 22.6 Å². The lowest BCUT2D eigenvalue weighted by Crippen LogP contribution is -2.34. The Kier molecular flexibility index (Phi) is 5.86. The molecule has 0 saturated carbocycles. The molecule has 3 aromatic rings. The van der Waals surface area contributed by atoms with Crippen molar-refractivity contribution in [1.82, 2.24) is 15.7 Å². The fourth-order valence-electron chi connectivity index (χ4n) is 3.26. The highest BCUT2D eigenvalue weighted by Crippen LogP contribution is 2.35. The molecular formula is C21H20F2N4OS2. The van der Waals surface area contributed by atoms with E-state index in [1.807, 2.05) is 13.8 Å². The van der Waals surface area contributed by atoms with Crippen LogP contribution in [0.5, 0.6) is 0 Å². The minimum absolute atomic E-state index is 0.153. The molecule has 1 atom stereocenters. The number of aromatic nitrogens is 2. The number of benzene rings is 1. The lowest BCUT2D eigenvalue weighted by Gasteiger charge is -2.24. The Morgan fingerprint density at radius 3 is 2.63 bits per heavy atom. The molecule has 1 aromatic carbocycles. The van der Waals surface area contributed by atoms with Crippen LogP contribution in [0.4, 0.5) is 8.78 Å². The highest BCUT2D eigenvalue weighted by atomic mass is 32.2. The van der Waals surface area contributed by atoms with Gasteiger partial charge in [-0.3, -0.25) is 9.83 Å². The fraction of sp³-hybridized carbons (Fsp3) is 0.286. The van der Waals surface area contributed by atoms with Crippen molar-refractivity contribution in [2.75, 3.05) is 6.61 Å². The van der Waals surface area contributed by atoms with Gasteiger partial charge in [-0.15, -0.1) is 16.4 Å². The third-order valence-electron chi connectivity index (χ3n) is 4.89. The Bertz CT molecular complexity index is 1150. The number of hydroxylamine groups is 1. The van der Waals surface area contributed by atoms with E-state index in [9.17, 15) is 8.78 Å². The van der Waals surface area contributed by atoms with E-state index in [4.69, 9.17) is 9.83 Å². The smallest absolute Gasteiger partial charge is 0.156 e. The second-order valence-corrected chi connectivity index (χ2v) is 9.53.